The molecule has 0 radical (unpaired) electrons. The van der Waals surface area contributed by atoms with Crippen LogP contribution in [-0.2, 0) is 6.61 Å². The van der Waals surface area contributed by atoms with Crippen molar-refractivity contribution in [3.05, 3.63) is 35.9 Å². The molecule has 1 atom stereocenters. The average Bonchev–Trinajstić information content (AvgIpc) is 2.74. The number of rotatable bonds is 11. The largest absolute Gasteiger partial charge is 0.493 e. The molecule has 0 saturated heterocycles. The molecular formula is C20H26O8. The topological polar surface area (TPSA) is 95.8 Å². The Morgan fingerprint density at radius 3 is 1.96 bits per heavy atom. The normalized spacial score (nSPS) is 11.5. The van der Waals surface area contributed by atoms with Crippen LogP contribution in [0.15, 0.2) is 30.3 Å². The number of hydrogen-bond donors (Lipinski definition) is 2. The van der Waals surface area contributed by atoms with E-state index in [9.17, 15) is 5.11 Å². The van der Waals surface area contributed by atoms with E-state index in [-0.39, 0.29) is 19.8 Å². The number of ether oxygens (including phenoxy) is 6. The summed E-state index contributed by atoms with van der Waals surface area (Å²) in [6.45, 7) is -0.183. The highest BCUT2D eigenvalue weighted by Gasteiger charge is 2.14. The Morgan fingerprint density at radius 1 is 0.786 bits per heavy atom. The van der Waals surface area contributed by atoms with E-state index in [1.54, 1.807) is 24.3 Å². The predicted octanol–water partition coefficient (Wildman–Crippen LogP) is 2.03. The molecule has 2 aromatic carbocycles. The Morgan fingerprint density at radius 2 is 1.43 bits per heavy atom. The standard InChI is InChI=1S/C20H26O8/c1-23-16-6-5-13(7-17(16)28-12-14(22)10-21)11-27-15-8-18(24-2)20(26-4)19(9-15)25-3/h5-9,14,21-22H,10-12H2,1-4H3. The molecule has 2 rings (SSSR count). The molecule has 0 bridgehead atoms. The lowest BCUT2D eigenvalue weighted by Gasteiger charge is -2.16. The zero-order valence-corrected chi connectivity index (χ0v) is 16.4. The van der Waals surface area contributed by atoms with E-state index in [1.165, 1.54) is 28.4 Å². The van der Waals surface area contributed by atoms with Crippen molar-refractivity contribution in [3.8, 4) is 34.5 Å². The first-order valence-corrected chi connectivity index (χ1v) is 8.57. The number of methoxy groups -OCH3 is 4. The Hall–Kier alpha value is -2.84. The fourth-order valence-electron chi connectivity index (χ4n) is 2.47. The second kappa shape index (κ2) is 10.5. The van der Waals surface area contributed by atoms with Crippen LogP contribution in [0.2, 0.25) is 0 Å². The average molecular weight is 394 g/mol. The Balaban J connectivity index is 2.15. The second-order valence-corrected chi connectivity index (χ2v) is 5.78. The summed E-state index contributed by atoms with van der Waals surface area (Å²) in [5.41, 5.74) is 0.822. The molecule has 0 saturated carbocycles. The van der Waals surface area contributed by atoms with Gasteiger partial charge < -0.3 is 38.6 Å². The van der Waals surface area contributed by atoms with E-state index in [0.717, 1.165) is 5.56 Å². The number of hydrogen-bond acceptors (Lipinski definition) is 8. The van der Waals surface area contributed by atoms with Gasteiger partial charge in [-0.3, -0.25) is 0 Å². The quantitative estimate of drug-likeness (QED) is 0.598. The van der Waals surface area contributed by atoms with Crippen molar-refractivity contribution in [2.75, 3.05) is 41.7 Å². The summed E-state index contributed by atoms with van der Waals surface area (Å²) < 4.78 is 32.6. The summed E-state index contributed by atoms with van der Waals surface area (Å²) >= 11 is 0. The third-order valence-corrected chi connectivity index (χ3v) is 3.91. The maximum Gasteiger partial charge on any atom is 0.203 e. The molecule has 8 heteroatoms. The van der Waals surface area contributed by atoms with Gasteiger partial charge in [0.1, 0.15) is 25.1 Å². The minimum atomic E-state index is -0.969. The van der Waals surface area contributed by atoms with Crippen LogP contribution in [0.25, 0.3) is 0 Å². The summed E-state index contributed by atoms with van der Waals surface area (Å²) in [6.07, 6.45) is -0.969. The molecular weight excluding hydrogens is 368 g/mol. The van der Waals surface area contributed by atoms with Gasteiger partial charge in [0.25, 0.3) is 0 Å². The first-order valence-electron chi connectivity index (χ1n) is 8.57. The maximum absolute atomic E-state index is 9.47. The fraction of sp³-hybridized carbons (Fsp3) is 0.400. The highest BCUT2D eigenvalue weighted by atomic mass is 16.5. The molecule has 1 unspecified atom stereocenters. The van der Waals surface area contributed by atoms with Crippen LogP contribution in [-0.4, -0.2) is 58.0 Å². The van der Waals surface area contributed by atoms with Gasteiger partial charge in [-0.05, 0) is 17.7 Å². The number of aliphatic hydroxyl groups excluding tert-OH is 2. The Bertz CT molecular complexity index is 737. The van der Waals surface area contributed by atoms with Crippen LogP contribution in [0.4, 0.5) is 0 Å². The van der Waals surface area contributed by atoms with Crippen molar-refractivity contribution in [1.29, 1.82) is 0 Å². The van der Waals surface area contributed by atoms with Crippen LogP contribution < -0.4 is 28.4 Å². The molecule has 0 aliphatic heterocycles. The van der Waals surface area contributed by atoms with Crippen molar-refractivity contribution in [2.24, 2.45) is 0 Å². The van der Waals surface area contributed by atoms with Gasteiger partial charge >= 0.3 is 0 Å². The second-order valence-electron chi connectivity index (χ2n) is 5.78. The smallest absolute Gasteiger partial charge is 0.203 e. The lowest BCUT2D eigenvalue weighted by molar-refractivity contribution is 0.0527. The van der Waals surface area contributed by atoms with Crippen LogP contribution in [0.5, 0.6) is 34.5 Å². The van der Waals surface area contributed by atoms with Crippen LogP contribution >= 0.6 is 0 Å². The fourth-order valence-corrected chi connectivity index (χ4v) is 2.47. The molecule has 0 aromatic heterocycles. The van der Waals surface area contributed by atoms with Crippen molar-refractivity contribution in [3.63, 3.8) is 0 Å². The minimum absolute atomic E-state index is 0.0515. The zero-order valence-electron chi connectivity index (χ0n) is 16.4. The van der Waals surface area contributed by atoms with Gasteiger partial charge in [0, 0.05) is 12.1 Å². The van der Waals surface area contributed by atoms with Crippen LogP contribution in [0.1, 0.15) is 5.56 Å². The van der Waals surface area contributed by atoms with E-state index < -0.39 is 6.10 Å². The molecule has 2 aromatic rings. The predicted molar refractivity (Wildman–Crippen MR) is 102 cm³/mol. The van der Waals surface area contributed by atoms with Crippen molar-refractivity contribution in [2.45, 2.75) is 12.7 Å². The highest BCUT2D eigenvalue weighted by molar-refractivity contribution is 5.56. The van der Waals surface area contributed by atoms with E-state index >= 15 is 0 Å². The third kappa shape index (κ3) is 5.34. The molecule has 0 aliphatic carbocycles. The number of benzene rings is 2. The molecule has 0 amide bonds. The van der Waals surface area contributed by atoms with Gasteiger partial charge in [-0.2, -0.15) is 0 Å². The maximum atomic E-state index is 9.47. The van der Waals surface area contributed by atoms with Crippen LogP contribution in [0.3, 0.4) is 0 Å². The SMILES string of the molecule is COc1ccc(COc2cc(OC)c(OC)c(OC)c2)cc1OCC(O)CO. The Kier molecular flexibility index (Phi) is 8.03. The van der Waals surface area contributed by atoms with Gasteiger partial charge in [0.05, 0.1) is 35.0 Å². The van der Waals surface area contributed by atoms with Crippen molar-refractivity contribution < 1.29 is 38.6 Å². The lowest BCUT2D eigenvalue weighted by atomic mass is 10.2. The van der Waals surface area contributed by atoms with Gasteiger partial charge in [0.2, 0.25) is 5.75 Å². The number of aliphatic hydroxyl groups is 2. The zero-order chi connectivity index (χ0) is 20.5. The Labute approximate surface area is 164 Å². The van der Waals surface area contributed by atoms with E-state index in [4.69, 9.17) is 33.5 Å². The third-order valence-electron chi connectivity index (χ3n) is 3.91. The van der Waals surface area contributed by atoms with Crippen molar-refractivity contribution >= 4 is 0 Å². The summed E-state index contributed by atoms with van der Waals surface area (Å²) in [5, 5.41) is 18.4. The molecule has 0 aliphatic rings. The van der Waals surface area contributed by atoms with Crippen molar-refractivity contribution in [1.82, 2.24) is 0 Å². The summed E-state index contributed by atoms with van der Waals surface area (Å²) in [5.74, 6) is 2.98. The van der Waals surface area contributed by atoms with Crippen LogP contribution in [0, 0.1) is 0 Å². The van der Waals surface area contributed by atoms with E-state index in [2.05, 4.69) is 0 Å². The molecule has 154 valence electrons. The first kappa shape index (κ1) is 21.5. The van der Waals surface area contributed by atoms with Gasteiger partial charge in [-0.1, -0.05) is 6.07 Å². The molecule has 2 N–H and O–H groups in total. The van der Waals surface area contributed by atoms with Gasteiger partial charge in [0.15, 0.2) is 23.0 Å². The van der Waals surface area contributed by atoms with Gasteiger partial charge in [-0.15, -0.1) is 0 Å². The summed E-state index contributed by atoms with van der Waals surface area (Å²) in [6, 6.07) is 8.75. The molecule has 0 spiro atoms. The minimum Gasteiger partial charge on any atom is -0.493 e. The van der Waals surface area contributed by atoms with Gasteiger partial charge in [-0.25, -0.2) is 0 Å². The summed E-state index contributed by atoms with van der Waals surface area (Å²) in [4.78, 5) is 0. The molecule has 0 heterocycles. The molecule has 0 fully saturated rings. The lowest BCUT2D eigenvalue weighted by Crippen LogP contribution is -2.21. The highest BCUT2D eigenvalue weighted by Crippen LogP contribution is 2.41. The monoisotopic (exact) mass is 394 g/mol. The molecule has 8 nitrogen and oxygen atoms in total. The van der Waals surface area contributed by atoms with E-state index in [0.29, 0.717) is 34.5 Å². The summed E-state index contributed by atoms with van der Waals surface area (Å²) in [7, 11) is 6.13. The molecule has 28 heavy (non-hydrogen) atoms. The van der Waals surface area contributed by atoms with E-state index in [1.807, 2.05) is 6.07 Å². The first-order chi connectivity index (χ1) is 13.6.